The normalized spacial score (nSPS) is 16.0. The largest absolute Gasteiger partial charge is 0.368 e. The lowest BCUT2D eigenvalue weighted by molar-refractivity contribution is 0.219. The van der Waals surface area contributed by atoms with Crippen LogP contribution in [0.5, 0.6) is 0 Å². The summed E-state index contributed by atoms with van der Waals surface area (Å²) in [5.74, 6) is 0.658. The Bertz CT molecular complexity index is 855. The average molecular weight is 326 g/mol. The number of piperazine rings is 1. The van der Waals surface area contributed by atoms with Crippen LogP contribution in [0.1, 0.15) is 11.5 Å². The van der Waals surface area contributed by atoms with Gasteiger partial charge in [-0.3, -0.25) is 9.88 Å². The maximum atomic E-state index is 13.4. The van der Waals surface area contributed by atoms with Crippen LogP contribution in [-0.4, -0.2) is 41.2 Å². The molecule has 5 nitrogen and oxygen atoms in total. The standard InChI is InChI=1S/C18H19FN4O/c1-13-10-15(24-21-13)12-22-6-8-23(9-7-22)18-4-5-20-17-11-14(19)2-3-16(17)18/h2-5,10-11H,6-9,12H2,1H3. The van der Waals surface area contributed by atoms with Crippen LogP contribution >= 0.6 is 0 Å². The lowest BCUT2D eigenvalue weighted by atomic mass is 10.1. The molecular weight excluding hydrogens is 307 g/mol. The molecule has 1 aliphatic rings. The fourth-order valence-electron chi connectivity index (χ4n) is 3.24. The van der Waals surface area contributed by atoms with E-state index in [0.29, 0.717) is 5.52 Å². The minimum atomic E-state index is -0.251. The number of aromatic nitrogens is 2. The number of benzene rings is 1. The second-order valence-corrected chi connectivity index (χ2v) is 6.19. The first-order valence-electron chi connectivity index (χ1n) is 8.13. The van der Waals surface area contributed by atoms with Gasteiger partial charge in [-0.15, -0.1) is 0 Å². The van der Waals surface area contributed by atoms with Gasteiger partial charge in [-0.1, -0.05) is 5.16 Å². The number of pyridine rings is 1. The average Bonchev–Trinajstić information content (AvgIpc) is 3.00. The Labute approximate surface area is 139 Å². The van der Waals surface area contributed by atoms with Crippen molar-refractivity contribution in [2.75, 3.05) is 31.1 Å². The highest BCUT2D eigenvalue weighted by Crippen LogP contribution is 2.27. The van der Waals surface area contributed by atoms with E-state index in [1.165, 1.54) is 12.1 Å². The molecule has 0 amide bonds. The molecule has 1 fully saturated rings. The number of rotatable bonds is 3. The summed E-state index contributed by atoms with van der Waals surface area (Å²) in [6.07, 6.45) is 1.75. The Morgan fingerprint density at radius 2 is 1.96 bits per heavy atom. The van der Waals surface area contributed by atoms with E-state index in [4.69, 9.17) is 4.52 Å². The van der Waals surface area contributed by atoms with E-state index in [1.807, 2.05) is 25.1 Å². The van der Waals surface area contributed by atoms with Gasteiger partial charge in [-0.05, 0) is 25.1 Å². The van der Waals surface area contributed by atoms with Gasteiger partial charge in [0.2, 0.25) is 0 Å². The van der Waals surface area contributed by atoms with Crippen molar-refractivity contribution < 1.29 is 8.91 Å². The molecule has 2 aromatic heterocycles. The number of fused-ring (bicyclic) bond motifs is 1. The summed E-state index contributed by atoms with van der Waals surface area (Å²) in [6, 6.07) is 8.79. The van der Waals surface area contributed by atoms with Crippen LogP contribution in [0.3, 0.4) is 0 Å². The molecule has 0 spiro atoms. The van der Waals surface area contributed by atoms with E-state index in [9.17, 15) is 4.39 Å². The van der Waals surface area contributed by atoms with Crippen molar-refractivity contribution >= 4 is 16.6 Å². The highest BCUT2D eigenvalue weighted by molar-refractivity contribution is 5.91. The maximum Gasteiger partial charge on any atom is 0.150 e. The van der Waals surface area contributed by atoms with Gasteiger partial charge in [0.25, 0.3) is 0 Å². The summed E-state index contributed by atoms with van der Waals surface area (Å²) >= 11 is 0. The minimum Gasteiger partial charge on any atom is -0.368 e. The SMILES string of the molecule is Cc1cc(CN2CCN(c3ccnc4cc(F)ccc34)CC2)on1. The van der Waals surface area contributed by atoms with E-state index in [-0.39, 0.29) is 5.82 Å². The van der Waals surface area contributed by atoms with Crippen LogP contribution in [0.4, 0.5) is 10.1 Å². The molecule has 0 saturated carbocycles. The quantitative estimate of drug-likeness (QED) is 0.740. The zero-order chi connectivity index (χ0) is 16.5. The molecule has 1 saturated heterocycles. The third-order valence-corrected chi connectivity index (χ3v) is 4.45. The molecule has 4 rings (SSSR count). The molecular formula is C18H19FN4O. The second-order valence-electron chi connectivity index (χ2n) is 6.19. The van der Waals surface area contributed by atoms with Crippen LogP contribution in [0.2, 0.25) is 0 Å². The zero-order valence-electron chi connectivity index (χ0n) is 13.6. The number of nitrogens with zero attached hydrogens (tertiary/aromatic N) is 4. The van der Waals surface area contributed by atoms with Crippen molar-refractivity contribution in [2.24, 2.45) is 0 Å². The number of halogens is 1. The molecule has 6 heteroatoms. The molecule has 0 aliphatic carbocycles. The molecule has 0 bridgehead atoms. The van der Waals surface area contributed by atoms with Crippen LogP contribution < -0.4 is 4.90 Å². The Hall–Kier alpha value is -2.47. The van der Waals surface area contributed by atoms with Gasteiger partial charge in [-0.2, -0.15) is 0 Å². The van der Waals surface area contributed by atoms with Crippen molar-refractivity contribution in [3.63, 3.8) is 0 Å². The number of anilines is 1. The molecule has 0 atom stereocenters. The van der Waals surface area contributed by atoms with Crippen molar-refractivity contribution in [1.29, 1.82) is 0 Å². The van der Waals surface area contributed by atoms with Gasteiger partial charge >= 0.3 is 0 Å². The van der Waals surface area contributed by atoms with E-state index in [0.717, 1.165) is 55.3 Å². The Morgan fingerprint density at radius 3 is 2.71 bits per heavy atom. The van der Waals surface area contributed by atoms with Gasteiger partial charge in [0.05, 0.1) is 17.8 Å². The molecule has 124 valence electrons. The van der Waals surface area contributed by atoms with Gasteiger partial charge in [0.15, 0.2) is 5.76 Å². The molecule has 24 heavy (non-hydrogen) atoms. The summed E-state index contributed by atoms with van der Waals surface area (Å²) in [5.41, 5.74) is 2.74. The predicted octanol–water partition coefficient (Wildman–Crippen LogP) is 2.99. The van der Waals surface area contributed by atoms with E-state index in [1.54, 1.807) is 6.20 Å². The Balaban J connectivity index is 1.48. The lowest BCUT2D eigenvalue weighted by Crippen LogP contribution is -2.46. The summed E-state index contributed by atoms with van der Waals surface area (Å²) < 4.78 is 18.7. The minimum absolute atomic E-state index is 0.251. The zero-order valence-corrected chi connectivity index (χ0v) is 13.6. The topological polar surface area (TPSA) is 45.4 Å². The molecule has 3 aromatic rings. The first-order chi connectivity index (χ1) is 11.7. The van der Waals surface area contributed by atoms with Crippen molar-refractivity contribution in [2.45, 2.75) is 13.5 Å². The highest BCUT2D eigenvalue weighted by Gasteiger charge is 2.20. The second kappa shape index (κ2) is 6.20. The van der Waals surface area contributed by atoms with Crippen molar-refractivity contribution in [3.8, 4) is 0 Å². The Morgan fingerprint density at radius 1 is 1.12 bits per heavy atom. The fourth-order valence-corrected chi connectivity index (χ4v) is 3.24. The summed E-state index contributed by atoms with van der Waals surface area (Å²) in [7, 11) is 0. The van der Waals surface area contributed by atoms with Gasteiger partial charge in [0, 0.05) is 55.6 Å². The molecule has 0 N–H and O–H groups in total. The molecule has 0 radical (unpaired) electrons. The number of hydrogen-bond acceptors (Lipinski definition) is 5. The van der Waals surface area contributed by atoms with Crippen LogP contribution in [0.15, 0.2) is 41.1 Å². The third-order valence-electron chi connectivity index (χ3n) is 4.45. The molecule has 3 heterocycles. The monoisotopic (exact) mass is 326 g/mol. The smallest absolute Gasteiger partial charge is 0.150 e. The highest BCUT2D eigenvalue weighted by atomic mass is 19.1. The Kier molecular flexibility index (Phi) is 3.90. The fraction of sp³-hybridized carbons (Fsp3) is 0.333. The van der Waals surface area contributed by atoms with Crippen LogP contribution in [0, 0.1) is 12.7 Å². The maximum absolute atomic E-state index is 13.4. The van der Waals surface area contributed by atoms with Gasteiger partial charge in [-0.25, -0.2) is 4.39 Å². The number of hydrogen-bond donors (Lipinski definition) is 0. The van der Waals surface area contributed by atoms with Gasteiger partial charge in [0.1, 0.15) is 5.82 Å². The van der Waals surface area contributed by atoms with Crippen molar-refractivity contribution in [1.82, 2.24) is 15.0 Å². The molecule has 1 aromatic carbocycles. The molecule has 1 aliphatic heterocycles. The van der Waals surface area contributed by atoms with Crippen molar-refractivity contribution in [3.05, 3.63) is 53.8 Å². The summed E-state index contributed by atoms with van der Waals surface area (Å²) in [4.78, 5) is 8.97. The van der Waals surface area contributed by atoms with Crippen LogP contribution in [0.25, 0.3) is 10.9 Å². The predicted molar refractivity (Wildman–Crippen MR) is 90.4 cm³/mol. The van der Waals surface area contributed by atoms with Crippen LogP contribution in [-0.2, 0) is 6.54 Å². The van der Waals surface area contributed by atoms with E-state index >= 15 is 0 Å². The summed E-state index contributed by atoms with van der Waals surface area (Å²) in [5, 5.41) is 4.93. The first kappa shape index (κ1) is 15.1. The van der Waals surface area contributed by atoms with E-state index in [2.05, 4.69) is 19.9 Å². The summed E-state index contributed by atoms with van der Waals surface area (Å²) in [6.45, 7) is 6.46. The van der Waals surface area contributed by atoms with E-state index < -0.39 is 0 Å². The number of aryl methyl sites for hydroxylation is 1. The third kappa shape index (κ3) is 2.97. The molecule has 0 unspecified atom stereocenters. The first-order valence-corrected chi connectivity index (χ1v) is 8.13. The van der Waals surface area contributed by atoms with Gasteiger partial charge < -0.3 is 9.42 Å². The lowest BCUT2D eigenvalue weighted by Gasteiger charge is -2.36.